The first-order valence-electron chi connectivity index (χ1n) is 10.8. The van der Waals surface area contributed by atoms with Crippen molar-refractivity contribution in [2.24, 2.45) is 0 Å². The molecule has 4 aromatic carbocycles. The summed E-state index contributed by atoms with van der Waals surface area (Å²) in [6, 6.07) is 17.4. The second-order valence-electron chi connectivity index (χ2n) is 8.03. The molecule has 4 rings (SSSR count). The van der Waals surface area contributed by atoms with Crippen molar-refractivity contribution < 1.29 is 31.1 Å². The summed E-state index contributed by atoms with van der Waals surface area (Å²) in [5, 5.41) is 1.05. The minimum atomic E-state index is -5.13. The molecule has 0 aliphatic carbocycles. The molecule has 0 heterocycles. The van der Waals surface area contributed by atoms with Crippen molar-refractivity contribution >= 4 is 10.8 Å². The fourth-order valence-electron chi connectivity index (χ4n) is 3.93. The number of rotatable bonds is 7. The second-order valence-corrected chi connectivity index (χ2v) is 8.03. The van der Waals surface area contributed by atoms with Crippen molar-refractivity contribution in [1.29, 1.82) is 0 Å². The molecule has 0 radical (unpaired) electrons. The standard InChI is InChI=1S/C28H20F6O/c1-2-13-35-22-10-7-18(8-11-22)20-9-12-23-21(16-20)6-5-19(27(23)31)4-3-17-14-24(29)26(25(30)15-17)28(32,33)34/h2,5-12,14-16H,1,3-4,13H2. The maximum absolute atomic E-state index is 15.1. The first-order chi connectivity index (χ1) is 16.7. The number of aryl methyl sites for hydroxylation is 2. The molecule has 35 heavy (non-hydrogen) atoms. The van der Waals surface area contributed by atoms with Gasteiger partial charge in [0, 0.05) is 5.39 Å². The summed E-state index contributed by atoms with van der Waals surface area (Å²) in [6.07, 6.45) is -3.43. The molecule has 4 aromatic rings. The number of ether oxygens (including phenoxy) is 1. The third-order valence-corrected chi connectivity index (χ3v) is 5.66. The number of fused-ring (bicyclic) bond motifs is 1. The van der Waals surface area contributed by atoms with Gasteiger partial charge < -0.3 is 4.74 Å². The molecule has 0 aliphatic heterocycles. The van der Waals surface area contributed by atoms with Gasteiger partial charge in [-0.15, -0.1) is 0 Å². The van der Waals surface area contributed by atoms with Gasteiger partial charge in [-0.25, -0.2) is 13.2 Å². The Kier molecular flexibility index (Phi) is 6.87. The summed E-state index contributed by atoms with van der Waals surface area (Å²) in [5.74, 6) is -3.13. The van der Waals surface area contributed by atoms with Gasteiger partial charge >= 0.3 is 6.18 Å². The van der Waals surface area contributed by atoms with E-state index in [-0.39, 0.29) is 18.4 Å². The van der Waals surface area contributed by atoms with Gasteiger partial charge in [-0.3, -0.25) is 0 Å². The predicted octanol–water partition coefficient (Wildman–Crippen LogP) is 8.29. The Bertz CT molecular complexity index is 1350. The molecular weight excluding hydrogens is 466 g/mol. The summed E-state index contributed by atoms with van der Waals surface area (Å²) in [7, 11) is 0. The van der Waals surface area contributed by atoms with Crippen LogP contribution < -0.4 is 4.74 Å². The molecule has 0 saturated carbocycles. The highest BCUT2D eigenvalue weighted by Crippen LogP contribution is 2.34. The SMILES string of the molecule is C=CCOc1ccc(-c2ccc3c(F)c(CCc4cc(F)c(C(F)(F)F)c(F)c4)ccc3c2)cc1. The molecule has 0 aromatic heterocycles. The van der Waals surface area contributed by atoms with E-state index < -0.39 is 29.2 Å². The number of benzene rings is 4. The van der Waals surface area contributed by atoms with Gasteiger partial charge in [0.25, 0.3) is 0 Å². The minimum Gasteiger partial charge on any atom is -0.490 e. The van der Waals surface area contributed by atoms with Crippen LogP contribution in [0.4, 0.5) is 26.3 Å². The molecule has 0 unspecified atom stereocenters. The Morgan fingerprint density at radius 1 is 0.771 bits per heavy atom. The van der Waals surface area contributed by atoms with E-state index in [9.17, 15) is 22.0 Å². The third-order valence-electron chi connectivity index (χ3n) is 5.66. The molecule has 0 bridgehead atoms. The molecule has 0 saturated heterocycles. The Hall–Kier alpha value is -3.74. The third kappa shape index (κ3) is 5.34. The van der Waals surface area contributed by atoms with Crippen LogP contribution in [0.3, 0.4) is 0 Å². The lowest BCUT2D eigenvalue weighted by Crippen LogP contribution is -2.12. The predicted molar refractivity (Wildman–Crippen MR) is 124 cm³/mol. The van der Waals surface area contributed by atoms with E-state index in [2.05, 4.69) is 6.58 Å². The average Bonchev–Trinajstić information content (AvgIpc) is 2.81. The van der Waals surface area contributed by atoms with Crippen LogP contribution in [0.5, 0.6) is 5.75 Å². The molecule has 180 valence electrons. The van der Waals surface area contributed by atoms with Gasteiger partial charge in [-0.05, 0) is 70.8 Å². The van der Waals surface area contributed by atoms with E-state index in [0.717, 1.165) is 11.1 Å². The molecule has 0 amide bonds. The van der Waals surface area contributed by atoms with Gasteiger partial charge in [-0.1, -0.05) is 49.1 Å². The van der Waals surface area contributed by atoms with Gasteiger partial charge in [0.15, 0.2) is 0 Å². The Morgan fingerprint density at radius 3 is 2.06 bits per heavy atom. The molecular formula is C28H20F6O. The number of hydrogen-bond acceptors (Lipinski definition) is 1. The molecule has 0 fully saturated rings. The van der Waals surface area contributed by atoms with Crippen LogP contribution in [0.2, 0.25) is 0 Å². The Balaban J connectivity index is 1.54. The quantitative estimate of drug-likeness (QED) is 0.189. The van der Waals surface area contributed by atoms with E-state index in [1.54, 1.807) is 30.3 Å². The largest absolute Gasteiger partial charge is 0.490 e. The molecule has 0 N–H and O–H groups in total. The number of hydrogen-bond donors (Lipinski definition) is 0. The first kappa shape index (κ1) is 24.4. The number of alkyl halides is 3. The molecule has 0 spiro atoms. The van der Waals surface area contributed by atoms with Crippen LogP contribution in [-0.2, 0) is 19.0 Å². The first-order valence-corrected chi connectivity index (χ1v) is 10.8. The molecule has 7 heteroatoms. The van der Waals surface area contributed by atoms with Crippen molar-refractivity contribution in [3.05, 3.63) is 114 Å². The van der Waals surface area contributed by atoms with Gasteiger partial charge in [0.05, 0.1) is 0 Å². The van der Waals surface area contributed by atoms with Crippen molar-refractivity contribution in [3.8, 4) is 16.9 Å². The maximum atomic E-state index is 15.1. The highest BCUT2D eigenvalue weighted by atomic mass is 19.4. The minimum absolute atomic E-state index is 0.0170. The second kappa shape index (κ2) is 9.86. The van der Waals surface area contributed by atoms with Crippen molar-refractivity contribution in [3.63, 3.8) is 0 Å². The molecule has 0 atom stereocenters. The molecule has 1 nitrogen and oxygen atoms in total. The van der Waals surface area contributed by atoms with Crippen LogP contribution in [0.15, 0.2) is 79.4 Å². The van der Waals surface area contributed by atoms with Crippen LogP contribution in [-0.4, -0.2) is 6.61 Å². The monoisotopic (exact) mass is 486 g/mol. The molecule has 0 aliphatic rings. The van der Waals surface area contributed by atoms with Crippen LogP contribution in [0, 0.1) is 17.5 Å². The van der Waals surface area contributed by atoms with E-state index >= 15 is 4.39 Å². The fraction of sp³-hybridized carbons (Fsp3) is 0.143. The Labute approximate surface area is 198 Å². The van der Waals surface area contributed by atoms with E-state index in [1.807, 2.05) is 30.3 Å². The Morgan fingerprint density at radius 2 is 1.43 bits per heavy atom. The van der Waals surface area contributed by atoms with Gasteiger partial charge in [-0.2, -0.15) is 13.2 Å². The smallest absolute Gasteiger partial charge is 0.422 e. The lowest BCUT2D eigenvalue weighted by molar-refractivity contribution is -0.142. The normalized spacial score (nSPS) is 11.6. The van der Waals surface area contributed by atoms with Crippen molar-refractivity contribution in [2.75, 3.05) is 6.61 Å². The zero-order valence-corrected chi connectivity index (χ0v) is 18.4. The van der Waals surface area contributed by atoms with Crippen molar-refractivity contribution in [2.45, 2.75) is 19.0 Å². The van der Waals surface area contributed by atoms with Crippen molar-refractivity contribution in [1.82, 2.24) is 0 Å². The van der Waals surface area contributed by atoms with Gasteiger partial charge in [0.2, 0.25) is 0 Å². The average molecular weight is 486 g/mol. The van der Waals surface area contributed by atoms with Crippen LogP contribution in [0.25, 0.3) is 21.9 Å². The summed E-state index contributed by atoms with van der Waals surface area (Å²) in [4.78, 5) is 0. The van der Waals surface area contributed by atoms with Gasteiger partial charge in [0.1, 0.15) is 35.4 Å². The topological polar surface area (TPSA) is 9.23 Å². The highest BCUT2D eigenvalue weighted by Gasteiger charge is 2.37. The van der Waals surface area contributed by atoms with E-state index in [1.165, 1.54) is 0 Å². The number of halogens is 6. The summed E-state index contributed by atoms with van der Waals surface area (Å²) >= 11 is 0. The van der Waals surface area contributed by atoms with E-state index in [4.69, 9.17) is 4.74 Å². The maximum Gasteiger partial charge on any atom is 0.422 e. The lowest BCUT2D eigenvalue weighted by atomic mass is 9.97. The highest BCUT2D eigenvalue weighted by molar-refractivity contribution is 5.88. The lowest BCUT2D eigenvalue weighted by Gasteiger charge is -2.12. The fourth-order valence-corrected chi connectivity index (χ4v) is 3.93. The van der Waals surface area contributed by atoms with Crippen LogP contribution in [0.1, 0.15) is 16.7 Å². The summed E-state index contributed by atoms with van der Waals surface area (Å²) in [5.41, 5.74) is 0.204. The zero-order chi connectivity index (χ0) is 25.2. The summed E-state index contributed by atoms with van der Waals surface area (Å²) < 4.78 is 86.5. The van der Waals surface area contributed by atoms with Crippen LogP contribution >= 0.6 is 0 Å². The summed E-state index contributed by atoms with van der Waals surface area (Å²) in [6.45, 7) is 4.01. The zero-order valence-electron chi connectivity index (χ0n) is 18.4. The van der Waals surface area contributed by atoms with E-state index in [0.29, 0.717) is 40.8 Å².